The van der Waals surface area contributed by atoms with Crippen molar-refractivity contribution in [2.45, 2.75) is 129 Å². The molecule has 4 unspecified atom stereocenters. The van der Waals surface area contributed by atoms with Gasteiger partial charge in [-0.05, 0) is 117 Å². The van der Waals surface area contributed by atoms with Gasteiger partial charge in [-0.15, -0.1) is 12.4 Å². The van der Waals surface area contributed by atoms with E-state index in [0.717, 1.165) is 73.5 Å². The second-order valence-electron chi connectivity index (χ2n) is 13.2. The van der Waals surface area contributed by atoms with Crippen molar-refractivity contribution in [3.05, 3.63) is 30.0 Å². The highest BCUT2D eigenvalue weighted by atomic mass is 35.5. The molecule has 7 nitrogen and oxygen atoms in total. The topological polar surface area (TPSA) is 96.3 Å². The van der Waals surface area contributed by atoms with Gasteiger partial charge in [-0.1, -0.05) is 26.8 Å². The van der Waals surface area contributed by atoms with Crippen LogP contribution in [-0.4, -0.2) is 62.4 Å². The molecule has 0 amide bonds. The van der Waals surface area contributed by atoms with E-state index in [9.17, 15) is 0 Å². The van der Waals surface area contributed by atoms with E-state index in [1.807, 2.05) is 0 Å². The minimum absolute atomic E-state index is 0. The third-order valence-corrected chi connectivity index (χ3v) is 7.93. The molecule has 0 fully saturated rings. The first-order valence-corrected chi connectivity index (χ1v) is 16.2. The van der Waals surface area contributed by atoms with Crippen LogP contribution < -0.4 is 31.7 Å². The Morgan fingerprint density at radius 1 is 0.762 bits per heavy atom. The van der Waals surface area contributed by atoms with Crippen molar-refractivity contribution >= 4 is 29.0 Å². The van der Waals surface area contributed by atoms with Gasteiger partial charge in [0.2, 0.25) is 0 Å². The fourth-order valence-corrected chi connectivity index (χ4v) is 5.19. The van der Waals surface area contributed by atoms with Crippen molar-refractivity contribution in [1.82, 2.24) is 20.9 Å². The molecular weight excluding hydrogens is 544 g/mol. The fourth-order valence-electron chi connectivity index (χ4n) is 5.19. The van der Waals surface area contributed by atoms with Crippen molar-refractivity contribution in [2.75, 3.05) is 38.6 Å². The van der Waals surface area contributed by atoms with Crippen LogP contribution in [-0.2, 0) is 5.41 Å². The monoisotopic (exact) mass is 606 g/mol. The molecule has 1 aromatic carbocycles. The lowest BCUT2D eigenvalue weighted by molar-refractivity contribution is 0.415. The quantitative estimate of drug-likeness (QED) is 0.1000. The number of nitrogens with two attached hydrogens (primary N) is 1. The van der Waals surface area contributed by atoms with E-state index < -0.39 is 0 Å². The highest BCUT2D eigenvalue weighted by molar-refractivity contribution is 5.92. The summed E-state index contributed by atoms with van der Waals surface area (Å²) in [4.78, 5) is 5.03. The molecule has 2 aromatic rings. The summed E-state index contributed by atoms with van der Waals surface area (Å²) in [6, 6.07) is 10.5. The number of hydrogen-bond acceptors (Lipinski definition) is 7. The summed E-state index contributed by atoms with van der Waals surface area (Å²) in [6.07, 6.45) is 9.34. The number of methoxy groups -OCH3 is 1. The second kappa shape index (κ2) is 20.3. The summed E-state index contributed by atoms with van der Waals surface area (Å²) in [5, 5.41) is 15.9. The van der Waals surface area contributed by atoms with Crippen molar-refractivity contribution in [3.8, 4) is 5.75 Å². The van der Waals surface area contributed by atoms with E-state index in [4.69, 9.17) is 15.5 Å². The van der Waals surface area contributed by atoms with E-state index >= 15 is 0 Å². The fraction of sp³-hybridized carbons (Fsp3) is 0.735. The molecule has 0 saturated carbocycles. The Morgan fingerprint density at radius 3 is 1.74 bits per heavy atom. The van der Waals surface area contributed by atoms with Crippen molar-refractivity contribution in [2.24, 2.45) is 5.73 Å². The SMILES string of the molecule is COc1cc(NC(C)CCCNC(C)CCCNC(C)CCCNC(C)CCCN)c2nc(C(C)(C)C)ccc2c1.Cl. The average molecular weight is 607 g/mol. The number of halogens is 1. The number of nitrogens with one attached hydrogen (secondary N) is 4. The van der Waals surface area contributed by atoms with Gasteiger partial charge in [-0.3, -0.25) is 4.98 Å². The minimum Gasteiger partial charge on any atom is -0.497 e. The van der Waals surface area contributed by atoms with Crippen LogP contribution >= 0.6 is 12.4 Å². The lowest BCUT2D eigenvalue weighted by Crippen LogP contribution is -2.32. The van der Waals surface area contributed by atoms with E-state index in [0.29, 0.717) is 24.2 Å². The maximum absolute atomic E-state index is 5.60. The van der Waals surface area contributed by atoms with Gasteiger partial charge in [0.25, 0.3) is 0 Å². The number of anilines is 1. The van der Waals surface area contributed by atoms with Gasteiger partial charge in [-0.2, -0.15) is 0 Å². The molecule has 0 aliphatic heterocycles. The van der Waals surface area contributed by atoms with Crippen LogP contribution in [0.4, 0.5) is 5.69 Å². The highest BCUT2D eigenvalue weighted by Crippen LogP contribution is 2.31. The Hall–Kier alpha value is -1.64. The van der Waals surface area contributed by atoms with Crippen LogP contribution in [0, 0.1) is 0 Å². The summed E-state index contributed by atoms with van der Waals surface area (Å²) in [6.45, 7) is 19.8. The molecule has 42 heavy (non-hydrogen) atoms. The number of pyridine rings is 1. The van der Waals surface area contributed by atoms with Gasteiger partial charge in [-0.25, -0.2) is 0 Å². The van der Waals surface area contributed by atoms with Crippen LogP contribution in [0.15, 0.2) is 24.3 Å². The predicted molar refractivity (Wildman–Crippen MR) is 186 cm³/mol. The molecule has 0 aliphatic carbocycles. The molecular formula is C34H63ClN6O. The molecule has 242 valence electrons. The number of hydrogen-bond donors (Lipinski definition) is 5. The van der Waals surface area contributed by atoms with E-state index in [1.54, 1.807) is 7.11 Å². The second-order valence-corrected chi connectivity index (χ2v) is 13.2. The van der Waals surface area contributed by atoms with Gasteiger partial charge in [0.1, 0.15) is 5.75 Å². The molecule has 6 N–H and O–H groups in total. The third kappa shape index (κ3) is 14.7. The lowest BCUT2D eigenvalue weighted by Gasteiger charge is -2.21. The van der Waals surface area contributed by atoms with Crippen molar-refractivity contribution in [3.63, 3.8) is 0 Å². The first kappa shape index (κ1) is 38.4. The number of nitrogens with zero attached hydrogens (tertiary/aromatic N) is 1. The Morgan fingerprint density at radius 2 is 1.26 bits per heavy atom. The molecule has 0 aliphatic rings. The van der Waals surface area contributed by atoms with Gasteiger partial charge >= 0.3 is 0 Å². The number of aromatic nitrogens is 1. The maximum atomic E-state index is 5.60. The highest BCUT2D eigenvalue weighted by Gasteiger charge is 2.18. The van der Waals surface area contributed by atoms with E-state index in [-0.39, 0.29) is 17.8 Å². The zero-order valence-electron chi connectivity index (χ0n) is 27.9. The molecule has 8 heteroatoms. The smallest absolute Gasteiger partial charge is 0.121 e. The summed E-state index contributed by atoms with van der Waals surface area (Å²) < 4.78 is 5.57. The van der Waals surface area contributed by atoms with Gasteiger partial charge in [0, 0.05) is 46.7 Å². The third-order valence-electron chi connectivity index (χ3n) is 7.93. The summed E-state index contributed by atoms with van der Waals surface area (Å²) >= 11 is 0. The van der Waals surface area contributed by atoms with Crippen LogP contribution in [0.5, 0.6) is 5.75 Å². The Balaban J connectivity index is 0.00000882. The molecule has 4 atom stereocenters. The van der Waals surface area contributed by atoms with Crippen LogP contribution in [0.1, 0.15) is 106 Å². The van der Waals surface area contributed by atoms with E-state index in [2.05, 4.69) is 94.0 Å². The van der Waals surface area contributed by atoms with Crippen LogP contribution in [0.25, 0.3) is 10.9 Å². The molecule has 0 radical (unpaired) electrons. The standard InChI is InChI=1S/C34H62N6O.ClH/c1-25(13-9-19-35)36-20-10-14-26(2)37-21-11-15-27(3)38-22-12-16-28(4)39-31-24-30(41-8)23-29-17-18-32(34(5,6)7)40-33(29)31;/h17-18,23-28,36-39H,9-16,19-22,35H2,1-8H3;1H. The zero-order valence-corrected chi connectivity index (χ0v) is 28.8. The molecule has 0 spiro atoms. The van der Waals surface area contributed by atoms with Gasteiger partial charge in [0.15, 0.2) is 0 Å². The van der Waals surface area contributed by atoms with Crippen LogP contribution in [0.3, 0.4) is 0 Å². The minimum atomic E-state index is 0. The lowest BCUT2D eigenvalue weighted by atomic mass is 9.91. The zero-order chi connectivity index (χ0) is 30.3. The van der Waals surface area contributed by atoms with Gasteiger partial charge in [0.05, 0.1) is 18.3 Å². The normalized spacial score (nSPS) is 14.7. The molecule has 2 rings (SSSR count). The molecule has 1 aromatic heterocycles. The first-order chi connectivity index (χ1) is 19.5. The summed E-state index contributed by atoms with van der Waals surface area (Å²) in [7, 11) is 1.72. The predicted octanol–water partition coefficient (Wildman–Crippen LogP) is 6.78. The molecule has 0 saturated heterocycles. The number of ether oxygens (including phenoxy) is 1. The first-order valence-electron chi connectivity index (χ1n) is 16.2. The van der Waals surface area contributed by atoms with Crippen molar-refractivity contribution in [1.29, 1.82) is 0 Å². The van der Waals surface area contributed by atoms with Gasteiger partial charge < -0.3 is 31.7 Å². The van der Waals surface area contributed by atoms with Crippen molar-refractivity contribution < 1.29 is 4.74 Å². The maximum Gasteiger partial charge on any atom is 0.121 e. The molecule has 1 heterocycles. The van der Waals surface area contributed by atoms with Crippen LogP contribution in [0.2, 0.25) is 0 Å². The largest absolute Gasteiger partial charge is 0.497 e. The molecule has 0 bridgehead atoms. The summed E-state index contributed by atoms with van der Waals surface area (Å²) in [5.74, 6) is 0.859. The number of rotatable bonds is 21. The Kier molecular flexibility index (Phi) is 18.6. The summed E-state index contributed by atoms with van der Waals surface area (Å²) in [5.41, 5.74) is 8.78. The number of fused-ring (bicyclic) bond motifs is 1. The van der Waals surface area contributed by atoms with E-state index in [1.165, 1.54) is 32.1 Å². The average Bonchev–Trinajstić information content (AvgIpc) is 2.93. The Bertz CT molecular complexity index is 998. The number of benzene rings is 1. The Labute approximate surface area is 263 Å².